The molecule has 0 radical (unpaired) electrons. The molecule has 142 valence electrons. The Labute approximate surface area is 157 Å². The number of nitrogens with one attached hydrogen (secondary N) is 2. The molecule has 3 rings (SSSR count). The Morgan fingerprint density at radius 1 is 1.04 bits per heavy atom. The number of hydrogen-bond acceptors (Lipinski definition) is 5. The number of anilines is 1. The molecule has 1 aliphatic rings. The zero-order valence-corrected chi connectivity index (χ0v) is 15.6. The molecule has 8 heteroatoms. The first-order valence-corrected chi connectivity index (χ1v) is 10.3. The van der Waals surface area contributed by atoms with Crippen LogP contribution in [-0.4, -0.2) is 44.9 Å². The lowest BCUT2D eigenvalue weighted by molar-refractivity contribution is 0.0941. The van der Waals surface area contributed by atoms with Crippen LogP contribution in [0.25, 0.3) is 0 Å². The van der Waals surface area contributed by atoms with Crippen LogP contribution in [0, 0.1) is 0 Å². The summed E-state index contributed by atoms with van der Waals surface area (Å²) in [6.07, 6.45) is 0.405. The Hall–Kier alpha value is -2.87. The molecule has 0 bridgehead atoms. The summed E-state index contributed by atoms with van der Waals surface area (Å²) < 4.78 is 28.2. The second-order valence-electron chi connectivity index (χ2n) is 6.31. The first kappa shape index (κ1) is 18.9. The number of amides is 2. The standard InChI is InChI=1S/C19H20N2O5S/c1-26-17-8-3-2-7-16(17)21-19(23)14-6-4-5-13(11-14)18(22)20-15-9-10-27(24,25)12-15/h2-8,11,15H,9-10,12H2,1H3,(H,20,22)(H,21,23). The van der Waals surface area contributed by atoms with E-state index in [2.05, 4.69) is 10.6 Å². The Morgan fingerprint density at radius 3 is 2.41 bits per heavy atom. The summed E-state index contributed by atoms with van der Waals surface area (Å²) in [6.45, 7) is 0. The van der Waals surface area contributed by atoms with Gasteiger partial charge in [-0.15, -0.1) is 0 Å². The monoisotopic (exact) mass is 388 g/mol. The third kappa shape index (κ3) is 4.65. The molecule has 0 aliphatic carbocycles. The van der Waals surface area contributed by atoms with E-state index < -0.39 is 21.8 Å². The number of rotatable bonds is 5. The van der Waals surface area contributed by atoms with E-state index in [0.717, 1.165) is 0 Å². The van der Waals surface area contributed by atoms with Crippen molar-refractivity contribution in [3.63, 3.8) is 0 Å². The molecule has 0 aromatic heterocycles. The lowest BCUT2D eigenvalue weighted by Gasteiger charge is -2.12. The molecule has 2 amide bonds. The summed E-state index contributed by atoms with van der Waals surface area (Å²) in [6, 6.07) is 12.9. The first-order chi connectivity index (χ1) is 12.9. The van der Waals surface area contributed by atoms with E-state index >= 15 is 0 Å². The Kier molecular flexibility index (Phi) is 5.46. The predicted octanol–water partition coefficient (Wildman–Crippen LogP) is 1.86. The number of benzene rings is 2. The predicted molar refractivity (Wildman–Crippen MR) is 102 cm³/mol. The van der Waals surface area contributed by atoms with Crippen molar-refractivity contribution in [2.24, 2.45) is 0 Å². The van der Waals surface area contributed by atoms with Crippen LogP contribution in [0.3, 0.4) is 0 Å². The minimum absolute atomic E-state index is 0.0489. The lowest BCUT2D eigenvalue weighted by Crippen LogP contribution is -2.35. The van der Waals surface area contributed by atoms with Crippen LogP contribution in [0.1, 0.15) is 27.1 Å². The van der Waals surface area contributed by atoms with Gasteiger partial charge in [-0.25, -0.2) is 8.42 Å². The molecule has 1 aliphatic heterocycles. The van der Waals surface area contributed by atoms with E-state index in [-0.39, 0.29) is 17.4 Å². The van der Waals surface area contributed by atoms with Gasteiger partial charge in [0.25, 0.3) is 11.8 Å². The average Bonchev–Trinajstić information content (AvgIpc) is 3.00. The zero-order valence-electron chi connectivity index (χ0n) is 14.8. The zero-order chi connectivity index (χ0) is 19.4. The van der Waals surface area contributed by atoms with Gasteiger partial charge in [-0.2, -0.15) is 0 Å². The first-order valence-electron chi connectivity index (χ1n) is 8.44. The second kappa shape index (κ2) is 7.79. The highest BCUT2D eigenvalue weighted by molar-refractivity contribution is 7.91. The minimum Gasteiger partial charge on any atom is -0.495 e. The molecule has 2 aromatic rings. The molecule has 1 heterocycles. The van der Waals surface area contributed by atoms with Crippen LogP contribution < -0.4 is 15.4 Å². The molecule has 1 atom stereocenters. The molecule has 1 saturated heterocycles. The normalized spacial score (nSPS) is 17.9. The number of methoxy groups -OCH3 is 1. The van der Waals surface area contributed by atoms with E-state index in [1.807, 2.05) is 0 Å². The highest BCUT2D eigenvalue weighted by atomic mass is 32.2. The summed E-state index contributed by atoms with van der Waals surface area (Å²) >= 11 is 0. The summed E-state index contributed by atoms with van der Waals surface area (Å²) in [7, 11) is -1.56. The van der Waals surface area contributed by atoms with Crippen molar-refractivity contribution in [2.75, 3.05) is 23.9 Å². The summed E-state index contributed by atoms with van der Waals surface area (Å²) in [4.78, 5) is 24.9. The number of carbonyl (C=O) groups excluding carboxylic acids is 2. The van der Waals surface area contributed by atoms with Gasteiger partial charge in [-0.3, -0.25) is 9.59 Å². The van der Waals surface area contributed by atoms with Crippen LogP contribution in [0.2, 0.25) is 0 Å². The van der Waals surface area contributed by atoms with E-state index in [1.165, 1.54) is 13.2 Å². The van der Waals surface area contributed by atoms with Gasteiger partial charge in [0, 0.05) is 17.2 Å². The van der Waals surface area contributed by atoms with E-state index in [9.17, 15) is 18.0 Å². The fourth-order valence-electron chi connectivity index (χ4n) is 2.92. The molecule has 1 fully saturated rings. The van der Waals surface area contributed by atoms with Gasteiger partial charge in [0.15, 0.2) is 9.84 Å². The van der Waals surface area contributed by atoms with Crippen molar-refractivity contribution in [3.05, 3.63) is 59.7 Å². The molecule has 0 spiro atoms. The molecule has 27 heavy (non-hydrogen) atoms. The maximum Gasteiger partial charge on any atom is 0.255 e. The van der Waals surface area contributed by atoms with Crippen molar-refractivity contribution in [1.29, 1.82) is 0 Å². The van der Waals surface area contributed by atoms with Gasteiger partial charge < -0.3 is 15.4 Å². The highest BCUT2D eigenvalue weighted by Gasteiger charge is 2.29. The number of carbonyl (C=O) groups is 2. The van der Waals surface area contributed by atoms with Crippen molar-refractivity contribution < 1.29 is 22.7 Å². The second-order valence-corrected chi connectivity index (χ2v) is 8.54. The fraction of sp³-hybridized carbons (Fsp3) is 0.263. The van der Waals surface area contributed by atoms with Crippen molar-refractivity contribution in [1.82, 2.24) is 5.32 Å². The largest absolute Gasteiger partial charge is 0.495 e. The van der Waals surface area contributed by atoms with Gasteiger partial charge >= 0.3 is 0 Å². The van der Waals surface area contributed by atoms with Gasteiger partial charge in [-0.1, -0.05) is 18.2 Å². The third-order valence-electron chi connectivity index (χ3n) is 4.31. The van der Waals surface area contributed by atoms with E-state index in [1.54, 1.807) is 42.5 Å². The molecule has 0 saturated carbocycles. The SMILES string of the molecule is COc1ccccc1NC(=O)c1cccc(C(=O)NC2CCS(=O)(=O)C2)c1. The molecule has 1 unspecified atom stereocenters. The number of sulfone groups is 1. The number of hydrogen-bond donors (Lipinski definition) is 2. The topological polar surface area (TPSA) is 102 Å². The maximum atomic E-state index is 12.5. The van der Waals surface area contributed by atoms with Gasteiger partial charge in [0.2, 0.25) is 0 Å². The summed E-state index contributed by atoms with van der Waals surface area (Å²) in [5, 5.41) is 5.47. The van der Waals surface area contributed by atoms with Gasteiger partial charge in [-0.05, 0) is 36.8 Å². The molecule has 7 nitrogen and oxygen atoms in total. The fourth-order valence-corrected chi connectivity index (χ4v) is 4.59. The van der Waals surface area contributed by atoms with E-state index in [4.69, 9.17) is 4.74 Å². The molecular weight excluding hydrogens is 368 g/mol. The Bertz CT molecular complexity index is 972. The Balaban J connectivity index is 1.71. The van der Waals surface area contributed by atoms with Crippen molar-refractivity contribution >= 4 is 27.3 Å². The molecule has 2 N–H and O–H groups in total. The van der Waals surface area contributed by atoms with Crippen LogP contribution in [0.15, 0.2) is 48.5 Å². The van der Waals surface area contributed by atoms with Crippen LogP contribution in [-0.2, 0) is 9.84 Å². The van der Waals surface area contributed by atoms with Crippen LogP contribution >= 0.6 is 0 Å². The summed E-state index contributed by atoms with van der Waals surface area (Å²) in [5.74, 6) is -0.213. The summed E-state index contributed by atoms with van der Waals surface area (Å²) in [5.41, 5.74) is 1.13. The van der Waals surface area contributed by atoms with Crippen molar-refractivity contribution in [2.45, 2.75) is 12.5 Å². The van der Waals surface area contributed by atoms with E-state index in [0.29, 0.717) is 29.0 Å². The van der Waals surface area contributed by atoms with Crippen molar-refractivity contribution in [3.8, 4) is 5.75 Å². The maximum absolute atomic E-state index is 12.5. The Morgan fingerprint density at radius 2 is 1.74 bits per heavy atom. The number of para-hydroxylation sites is 2. The van der Waals surface area contributed by atoms with Gasteiger partial charge in [0.1, 0.15) is 5.75 Å². The lowest BCUT2D eigenvalue weighted by atomic mass is 10.1. The van der Waals surface area contributed by atoms with Gasteiger partial charge in [0.05, 0.1) is 24.3 Å². The molecule has 2 aromatic carbocycles. The third-order valence-corrected chi connectivity index (χ3v) is 6.08. The van der Waals surface area contributed by atoms with Crippen LogP contribution in [0.5, 0.6) is 5.75 Å². The average molecular weight is 388 g/mol. The highest BCUT2D eigenvalue weighted by Crippen LogP contribution is 2.23. The molecular formula is C19H20N2O5S. The number of ether oxygens (including phenoxy) is 1. The quantitative estimate of drug-likeness (QED) is 0.814. The van der Waals surface area contributed by atoms with Crippen LogP contribution in [0.4, 0.5) is 5.69 Å². The smallest absolute Gasteiger partial charge is 0.255 e. The minimum atomic E-state index is -3.08.